The van der Waals surface area contributed by atoms with Crippen molar-refractivity contribution in [2.24, 2.45) is 0 Å². The zero-order valence-corrected chi connectivity index (χ0v) is 12.6. The highest BCUT2D eigenvalue weighted by Crippen LogP contribution is 2.28. The first-order chi connectivity index (χ1) is 10.3. The lowest BCUT2D eigenvalue weighted by molar-refractivity contribution is -0.930. The largest absolute Gasteiger partial charge is 0.378 e. The molecule has 0 spiro atoms. The van der Waals surface area contributed by atoms with Crippen molar-refractivity contribution in [1.82, 2.24) is 4.98 Å². The molecule has 1 unspecified atom stereocenters. The van der Waals surface area contributed by atoms with Gasteiger partial charge in [0.25, 0.3) is 0 Å². The van der Waals surface area contributed by atoms with Gasteiger partial charge in [0.15, 0.2) is 0 Å². The lowest BCUT2D eigenvalue weighted by Gasteiger charge is -2.31. The van der Waals surface area contributed by atoms with Crippen LogP contribution in [0, 0.1) is 11.8 Å². The Morgan fingerprint density at radius 3 is 2.90 bits per heavy atom. The Hall–Kier alpha value is -1.37. The Bertz CT molecular complexity index is 511. The van der Waals surface area contributed by atoms with Crippen LogP contribution >= 0.6 is 0 Å². The van der Waals surface area contributed by atoms with Gasteiger partial charge in [-0.25, -0.2) is 0 Å². The highest BCUT2D eigenvalue weighted by Gasteiger charge is 2.30. The standard InChI is InChI=1S/C18H24N2O/c21-18(9-2-3-10-18)11-6-14-20-13-4-1-8-17(20)16-7-5-12-19-15-16/h5,7,12,15,17,21H,1-4,8-10,13-14H2/p+1/t17-/m0/s1. The summed E-state index contributed by atoms with van der Waals surface area (Å²) in [7, 11) is 0. The average molecular weight is 285 g/mol. The predicted molar refractivity (Wildman–Crippen MR) is 82.7 cm³/mol. The molecular formula is C18H25N2O+. The van der Waals surface area contributed by atoms with E-state index in [0.717, 1.165) is 32.2 Å². The predicted octanol–water partition coefficient (Wildman–Crippen LogP) is 1.50. The van der Waals surface area contributed by atoms with E-state index in [0.29, 0.717) is 6.04 Å². The third-order valence-corrected chi connectivity index (χ3v) is 4.89. The van der Waals surface area contributed by atoms with Crippen molar-refractivity contribution in [3.05, 3.63) is 30.1 Å². The summed E-state index contributed by atoms with van der Waals surface area (Å²) < 4.78 is 0. The van der Waals surface area contributed by atoms with E-state index < -0.39 is 5.60 Å². The highest BCUT2D eigenvalue weighted by atomic mass is 16.3. The van der Waals surface area contributed by atoms with Gasteiger partial charge in [-0.1, -0.05) is 12.0 Å². The number of nitrogens with zero attached hydrogens (tertiary/aromatic N) is 1. The van der Waals surface area contributed by atoms with E-state index in [1.54, 1.807) is 0 Å². The Balaban J connectivity index is 1.66. The average Bonchev–Trinajstić information content (AvgIpc) is 2.95. The molecule has 3 nitrogen and oxygen atoms in total. The summed E-state index contributed by atoms with van der Waals surface area (Å²) in [5.41, 5.74) is 0.632. The van der Waals surface area contributed by atoms with Gasteiger partial charge in [0.1, 0.15) is 18.2 Å². The Kier molecular flexibility index (Phi) is 4.57. The van der Waals surface area contributed by atoms with Crippen LogP contribution in [0.5, 0.6) is 0 Å². The van der Waals surface area contributed by atoms with Crippen LogP contribution < -0.4 is 4.90 Å². The molecule has 3 heteroatoms. The molecule has 0 radical (unpaired) electrons. The van der Waals surface area contributed by atoms with E-state index in [4.69, 9.17) is 0 Å². The van der Waals surface area contributed by atoms with E-state index in [-0.39, 0.29) is 0 Å². The molecule has 1 saturated carbocycles. The van der Waals surface area contributed by atoms with Crippen molar-refractivity contribution in [1.29, 1.82) is 0 Å². The normalized spacial score (nSPS) is 27.9. The van der Waals surface area contributed by atoms with Gasteiger partial charge >= 0.3 is 0 Å². The maximum absolute atomic E-state index is 10.3. The van der Waals surface area contributed by atoms with Gasteiger partial charge in [0.05, 0.1) is 6.54 Å². The lowest BCUT2D eigenvalue weighted by Crippen LogP contribution is -3.13. The van der Waals surface area contributed by atoms with Crippen LogP contribution in [0.2, 0.25) is 0 Å². The Morgan fingerprint density at radius 2 is 2.14 bits per heavy atom. The van der Waals surface area contributed by atoms with Gasteiger partial charge in [0.2, 0.25) is 0 Å². The molecular weight excluding hydrogens is 260 g/mol. The molecule has 1 aliphatic carbocycles. The van der Waals surface area contributed by atoms with E-state index in [1.165, 1.54) is 36.3 Å². The first-order valence-corrected chi connectivity index (χ1v) is 8.24. The topological polar surface area (TPSA) is 37.6 Å². The minimum atomic E-state index is -0.695. The summed E-state index contributed by atoms with van der Waals surface area (Å²) in [6.45, 7) is 2.01. The molecule has 1 aromatic heterocycles. The second kappa shape index (κ2) is 6.60. The minimum absolute atomic E-state index is 0.514. The number of quaternary nitrogens is 1. The highest BCUT2D eigenvalue weighted by molar-refractivity contribution is 5.16. The molecule has 1 saturated heterocycles. The maximum atomic E-state index is 10.3. The number of rotatable bonds is 2. The fourth-order valence-corrected chi connectivity index (χ4v) is 3.68. The molecule has 21 heavy (non-hydrogen) atoms. The van der Waals surface area contributed by atoms with Crippen molar-refractivity contribution < 1.29 is 10.0 Å². The zero-order chi connectivity index (χ0) is 14.5. The molecule has 0 amide bonds. The molecule has 2 N–H and O–H groups in total. The van der Waals surface area contributed by atoms with Gasteiger partial charge in [0, 0.05) is 24.4 Å². The zero-order valence-electron chi connectivity index (χ0n) is 12.6. The van der Waals surface area contributed by atoms with Gasteiger partial charge in [-0.05, 0) is 50.5 Å². The molecule has 0 aromatic carbocycles. The number of pyridine rings is 1. The molecule has 0 bridgehead atoms. The van der Waals surface area contributed by atoms with Crippen LogP contribution in [0.3, 0.4) is 0 Å². The molecule has 2 heterocycles. The molecule has 2 aliphatic rings. The van der Waals surface area contributed by atoms with E-state index in [1.807, 2.05) is 18.5 Å². The van der Waals surface area contributed by atoms with Crippen LogP contribution in [-0.4, -0.2) is 28.8 Å². The van der Waals surface area contributed by atoms with Gasteiger partial charge in [-0.2, -0.15) is 0 Å². The summed E-state index contributed by atoms with van der Waals surface area (Å²) in [4.78, 5) is 5.79. The SMILES string of the molecule is OC1(C#CC[NH+]2CCCC[C@H]2c2cccnc2)CCCC1. The van der Waals surface area contributed by atoms with Crippen molar-refractivity contribution in [3.63, 3.8) is 0 Å². The van der Waals surface area contributed by atoms with E-state index in [9.17, 15) is 5.11 Å². The summed E-state index contributed by atoms with van der Waals surface area (Å²) in [5.74, 6) is 6.43. The number of hydrogen-bond donors (Lipinski definition) is 2. The first-order valence-electron chi connectivity index (χ1n) is 8.24. The molecule has 2 fully saturated rings. The minimum Gasteiger partial charge on any atom is -0.378 e. The first kappa shape index (κ1) is 14.6. The summed E-state index contributed by atoms with van der Waals surface area (Å²) >= 11 is 0. The lowest BCUT2D eigenvalue weighted by atomic mass is 9.96. The van der Waals surface area contributed by atoms with Gasteiger partial charge in [-0.15, -0.1) is 0 Å². The van der Waals surface area contributed by atoms with E-state index in [2.05, 4.69) is 22.9 Å². The Labute approximate surface area is 127 Å². The fraction of sp³-hybridized carbons (Fsp3) is 0.611. The summed E-state index contributed by atoms with van der Waals surface area (Å²) in [6, 6.07) is 4.72. The van der Waals surface area contributed by atoms with Crippen LogP contribution in [-0.2, 0) is 0 Å². The summed E-state index contributed by atoms with van der Waals surface area (Å²) in [6.07, 6.45) is 11.5. The molecule has 3 rings (SSSR count). The molecule has 1 aromatic rings. The van der Waals surface area contributed by atoms with Crippen molar-refractivity contribution in [2.75, 3.05) is 13.1 Å². The number of piperidine rings is 1. The summed E-state index contributed by atoms with van der Waals surface area (Å²) in [5, 5.41) is 10.3. The number of aliphatic hydroxyl groups is 1. The van der Waals surface area contributed by atoms with Gasteiger partial charge < -0.3 is 10.0 Å². The second-order valence-electron chi connectivity index (χ2n) is 6.46. The van der Waals surface area contributed by atoms with Gasteiger partial charge in [-0.3, -0.25) is 4.98 Å². The third-order valence-electron chi connectivity index (χ3n) is 4.89. The third kappa shape index (κ3) is 3.64. The monoisotopic (exact) mass is 285 g/mol. The van der Waals surface area contributed by atoms with Crippen LogP contribution in [0.15, 0.2) is 24.5 Å². The van der Waals surface area contributed by atoms with E-state index >= 15 is 0 Å². The van der Waals surface area contributed by atoms with Crippen LogP contribution in [0.4, 0.5) is 0 Å². The van der Waals surface area contributed by atoms with Crippen molar-refractivity contribution in [2.45, 2.75) is 56.6 Å². The molecule has 2 atom stereocenters. The Morgan fingerprint density at radius 1 is 1.29 bits per heavy atom. The molecule has 112 valence electrons. The van der Waals surface area contributed by atoms with Crippen molar-refractivity contribution >= 4 is 0 Å². The maximum Gasteiger partial charge on any atom is 0.139 e. The van der Waals surface area contributed by atoms with Crippen LogP contribution in [0.1, 0.15) is 56.6 Å². The van der Waals surface area contributed by atoms with Crippen molar-refractivity contribution in [3.8, 4) is 11.8 Å². The number of likely N-dealkylation sites (tertiary alicyclic amines) is 1. The fourth-order valence-electron chi connectivity index (χ4n) is 3.68. The number of nitrogens with one attached hydrogen (secondary N) is 1. The van der Waals surface area contributed by atoms with Crippen LogP contribution in [0.25, 0.3) is 0 Å². The quantitative estimate of drug-likeness (QED) is 0.808. The second-order valence-corrected chi connectivity index (χ2v) is 6.46. The smallest absolute Gasteiger partial charge is 0.139 e. The number of aromatic nitrogens is 1. The molecule has 1 aliphatic heterocycles. The number of hydrogen-bond acceptors (Lipinski definition) is 2.